The number of nitrogens with one attached hydrogen (secondary N) is 1. The number of aromatic nitrogens is 4. The third kappa shape index (κ3) is 2.89. The van der Waals surface area contributed by atoms with Gasteiger partial charge in [-0.3, -0.25) is 14.9 Å². The maximum absolute atomic E-state index is 13.1. The van der Waals surface area contributed by atoms with Crippen LogP contribution in [0.25, 0.3) is 0 Å². The molecule has 0 spiro atoms. The summed E-state index contributed by atoms with van der Waals surface area (Å²) >= 11 is 0. The fourth-order valence-electron chi connectivity index (χ4n) is 3.09. The van der Waals surface area contributed by atoms with Crippen molar-refractivity contribution in [2.45, 2.75) is 26.8 Å². The Morgan fingerprint density at radius 3 is 2.77 bits per heavy atom. The van der Waals surface area contributed by atoms with Gasteiger partial charge in [0.2, 0.25) is 5.95 Å². The molecule has 26 heavy (non-hydrogen) atoms. The van der Waals surface area contributed by atoms with Crippen molar-refractivity contribution in [1.82, 2.24) is 25.1 Å². The minimum Gasteiger partial charge on any atom is -0.339 e. The van der Waals surface area contributed by atoms with Crippen molar-refractivity contribution >= 4 is 17.5 Å². The van der Waals surface area contributed by atoms with E-state index in [2.05, 4.69) is 20.8 Å². The van der Waals surface area contributed by atoms with Gasteiger partial charge in [0, 0.05) is 30.9 Å². The number of fused-ring (bicyclic) bond motifs is 1. The van der Waals surface area contributed by atoms with Gasteiger partial charge < -0.3 is 10.2 Å². The number of carbonyl (C=O) groups excluding carboxylic acids is 1. The minimum absolute atomic E-state index is 0.0528. The Balaban J connectivity index is 2.16. The van der Waals surface area contributed by atoms with Gasteiger partial charge >= 0.3 is 0 Å². The highest BCUT2D eigenvalue weighted by Gasteiger charge is 2.36. The predicted octanol–water partition coefficient (Wildman–Crippen LogP) is 1.74. The SMILES string of the molecule is CCN(CC)C(=O)C1=C(C)Nc2nnnn2[C@@H]1c1cccc([N+](=O)[O-])c1. The van der Waals surface area contributed by atoms with E-state index in [1.54, 1.807) is 24.0 Å². The van der Waals surface area contributed by atoms with Gasteiger partial charge in [-0.1, -0.05) is 17.2 Å². The number of non-ortho nitro benzene ring substituents is 1. The molecule has 1 atom stereocenters. The quantitative estimate of drug-likeness (QED) is 0.639. The predicted molar refractivity (Wildman–Crippen MR) is 93.3 cm³/mol. The zero-order valence-corrected chi connectivity index (χ0v) is 14.7. The summed E-state index contributed by atoms with van der Waals surface area (Å²) in [7, 11) is 0. The second-order valence-electron chi connectivity index (χ2n) is 5.84. The Labute approximate surface area is 149 Å². The summed E-state index contributed by atoms with van der Waals surface area (Å²) in [6.45, 7) is 6.68. The number of nitrogens with zero attached hydrogens (tertiary/aromatic N) is 6. The number of nitro benzene ring substituents is 1. The van der Waals surface area contributed by atoms with Crippen LogP contribution in [0.2, 0.25) is 0 Å². The molecule has 10 nitrogen and oxygen atoms in total. The van der Waals surface area contributed by atoms with Gasteiger partial charge in [-0.2, -0.15) is 4.68 Å². The van der Waals surface area contributed by atoms with Crippen molar-refractivity contribution in [3.05, 3.63) is 51.2 Å². The highest BCUT2D eigenvalue weighted by Crippen LogP contribution is 2.36. The van der Waals surface area contributed by atoms with E-state index < -0.39 is 11.0 Å². The van der Waals surface area contributed by atoms with Gasteiger partial charge in [0.25, 0.3) is 11.6 Å². The number of amides is 1. The molecule has 0 radical (unpaired) electrons. The van der Waals surface area contributed by atoms with E-state index in [9.17, 15) is 14.9 Å². The van der Waals surface area contributed by atoms with E-state index in [4.69, 9.17) is 0 Å². The van der Waals surface area contributed by atoms with Gasteiger partial charge in [-0.15, -0.1) is 0 Å². The van der Waals surface area contributed by atoms with Gasteiger partial charge in [0.1, 0.15) is 6.04 Å². The van der Waals surface area contributed by atoms with Crippen molar-refractivity contribution in [2.75, 3.05) is 18.4 Å². The molecule has 1 aromatic heterocycles. The summed E-state index contributed by atoms with van der Waals surface area (Å²) < 4.78 is 1.47. The standard InChI is InChI=1S/C16H19N7O3/c1-4-21(5-2)15(24)13-10(3)17-16-18-19-20-22(16)14(13)11-7-6-8-12(9-11)23(25)26/h6-9,14H,4-5H2,1-3H3,(H,17,18,20)/t14-/m1/s1. The first-order valence-corrected chi connectivity index (χ1v) is 8.27. The lowest BCUT2D eigenvalue weighted by Gasteiger charge is -2.31. The first-order chi connectivity index (χ1) is 12.5. The summed E-state index contributed by atoms with van der Waals surface area (Å²) in [4.78, 5) is 25.5. The van der Waals surface area contributed by atoms with Gasteiger partial charge in [-0.25, -0.2) is 0 Å². The topological polar surface area (TPSA) is 119 Å². The minimum atomic E-state index is -0.644. The number of carbonyl (C=O) groups is 1. The van der Waals surface area contributed by atoms with Crippen LogP contribution >= 0.6 is 0 Å². The van der Waals surface area contributed by atoms with Crippen LogP contribution in [0.4, 0.5) is 11.6 Å². The van der Waals surface area contributed by atoms with E-state index in [1.807, 2.05) is 13.8 Å². The van der Waals surface area contributed by atoms with Crippen molar-refractivity contribution in [1.29, 1.82) is 0 Å². The molecule has 0 fully saturated rings. The Kier molecular flexibility index (Phi) is 4.65. The van der Waals surface area contributed by atoms with E-state index in [0.29, 0.717) is 35.9 Å². The zero-order valence-electron chi connectivity index (χ0n) is 14.7. The second kappa shape index (κ2) is 6.90. The van der Waals surface area contributed by atoms with Crippen LogP contribution in [-0.4, -0.2) is 49.0 Å². The average Bonchev–Trinajstić information content (AvgIpc) is 3.09. The molecule has 1 aliphatic heterocycles. The molecular formula is C16H19N7O3. The third-order valence-corrected chi connectivity index (χ3v) is 4.39. The molecule has 1 N–H and O–H groups in total. The van der Waals surface area contributed by atoms with Crippen molar-refractivity contribution < 1.29 is 9.72 Å². The van der Waals surface area contributed by atoms with Crippen LogP contribution in [0, 0.1) is 10.1 Å². The van der Waals surface area contributed by atoms with Crippen molar-refractivity contribution in [2.24, 2.45) is 0 Å². The summed E-state index contributed by atoms with van der Waals surface area (Å²) in [5, 5.41) is 25.8. The molecule has 136 valence electrons. The first kappa shape index (κ1) is 17.5. The van der Waals surface area contributed by atoms with Crippen LogP contribution in [0.3, 0.4) is 0 Å². The monoisotopic (exact) mass is 357 g/mol. The molecule has 10 heteroatoms. The molecule has 2 heterocycles. The highest BCUT2D eigenvalue weighted by atomic mass is 16.6. The maximum Gasteiger partial charge on any atom is 0.269 e. The van der Waals surface area contributed by atoms with Crippen LogP contribution in [-0.2, 0) is 4.79 Å². The van der Waals surface area contributed by atoms with Crippen molar-refractivity contribution in [3.63, 3.8) is 0 Å². The number of likely N-dealkylation sites (N-methyl/N-ethyl adjacent to an activating group) is 1. The fourth-order valence-corrected chi connectivity index (χ4v) is 3.09. The number of anilines is 1. The lowest BCUT2D eigenvalue weighted by molar-refractivity contribution is -0.384. The van der Waals surface area contributed by atoms with Crippen LogP contribution in [0.1, 0.15) is 32.4 Å². The van der Waals surface area contributed by atoms with E-state index in [1.165, 1.54) is 16.8 Å². The Hall–Kier alpha value is -3.30. The lowest BCUT2D eigenvalue weighted by Crippen LogP contribution is -2.38. The molecule has 0 saturated heterocycles. The fraction of sp³-hybridized carbons (Fsp3) is 0.375. The largest absolute Gasteiger partial charge is 0.339 e. The number of benzene rings is 1. The molecule has 1 amide bonds. The molecule has 1 aromatic carbocycles. The molecule has 0 aliphatic carbocycles. The Bertz CT molecular complexity index is 885. The van der Waals surface area contributed by atoms with Gasteiger partial charge in [-0.05, 0) is 36.8 Å². The van der Waals surface area contributed by atoms with E-state index in [-0.39, 0.29) is 11.6 Å². The molecule has 2 aromatic rings. The van der Waals surface area contributed by atoms with Crippen LogP contribution in [0.15, 0.2) is 35.5 Å². The molecule has 3 rings (SSSR count). The van der Waals surface area contributed by atoms with Crippen LogP contribution < -0.4 is 5.32 Å². The Morgan fingerprint density at radius 2 is 2.12 bits per heavy atom. The number of nitro groups is 1. The second-order valence-corrected chi connectivity index (χ2v) is 5.84. The summed E-state index contributed by atoms with van der Waals surface area (Å²) in [6, 6.07) is 5.54. The smallest absolute Gasteiger partial charge is 0.269 e. The van der Waals surface area contributed by atoms with Crippen molar-refractivity contribution in [3.8, 4) is 0 Å². The normalized spacial score (nSPS) is 16.0. The average molecular weight is 357 g/mol. The number of allylic oxidation sites excluding steroid dienone is 1. The number of rotatable bonds is 5. The molecule has 0 saturated carbocycles. The van der Waals surface area contributed by atoms with E-state index in [0.717, 1.165) is 0 Å². The molecule has 0 unspecified atom stereocenters. The molecule has 0 bridgehead atoms. The van der Waals surface area contributed by atoms with Gasteiger partial charge in [0.15, 0.2) is 0 Å². The van der Waals surface area contributed by atoms with Crippen LogP contribution in [0.5, 0.6) is 0 Å². The van der Waals surface area contributed by atoms with Gasteiger partial charge in [0.05, 0.1) is 10.5 Å². The number of tetrazole rings is 1. The summed E-state index contributed by atoms with van der Waals surface area (Å²) in [6.07, 6.45) is 0. The number of hydrogen-bond acceptors (Lipinski definition) is 7. The third-order valence-electron chi connectivity index (χ3n) is 4.39. The first-order valence-electron chi connectivity index (χ1n) is 8.27. The highest BCUT2D eigenvalue weighted by molar-refractivity contribution is 5.96. The molecule has 1 aliphatic rings. The lowest BCUT2D eigenvalue weighted by atomic mass is 9.94. The number of hydrogen-bond donors (Lipinski definition) is 1. The molecular weight excluding hydrogens is 338 g/mol. The Morgan fingerprint density at radius 1 is 1.38 bits per heavy atom. The summed E-state index contributed by atoms with van der Waals surface area (Å²) in [5.74, 6) is 0.229. The van der Waals surface area contributed by atoms with E-state index >= 15 is 0 Å². The zero-order chi connectivity index (χ0) is 18.8. The maximum atomic E-state index is 13.1. The summed E-state index contributed by atoms with van der Waals surface area (Å²) in [5.41, 5.74) is 1.61.